The third-order valence-electron chi connectivity index (χ3n) is 3.19. The van der Waals surface area contributed by atoms with Crippen molar-refractivity contribution in [3.63, 3.8) is 0 Å². The van der Waals surface area contributed by atoms with E-state index in [0.717, 1.165) is 6.54 Å². The molecule has 0 aliphatic rings. The van der Waals surface area contributed by atoms with Gasteiger partial charge in [-0.3, -0.25) is 0 Å². The van der Waals surface area contributed by atoms with Crippen molar-refractivity contribution in [1.82, 2.24) is 5.32 Å². The zero-order chi connectivity index (χ0) is 11.3. The Balaban J connectivity index is 2.53. The molecular weight excluding hydrogens is 297 g/mol. The summed E-state index contributed by atoms with van der Waals surface area (Å²) in [4.78, 5) is 0. The molecule has 0 atom stereocenters. The highest BCUT2D eigenvalue weighted by atomic mass is 127. The minimum Gasteiger partial charge on any atom is -0.307 e. The lowest BCUT2D eigenvalue weighted by Crippen LogP contribution is -2.40. The lowest BCUT2D eigenvalue weighted by molar-refractivity contribution is 0.329. The fourth-order valence-electron chi connectivity index (χ4n) is 1.42. The van der Waals surface area contributed by atoms with Gasteiger partial charge in [0.05, 0.1) is 0 Å². The molecule has 15 heavy (non-hydrogen) atoms. The first-order chi connectivity index (χ1) is 7.09. The highest BCUT2D eigenvalue weighted by molar-refractivity contribution is 14.1. The SMILES string of the molecule is CCC(C)(CC)NCc1ccc(I)cc1. The van der Waals surface area contributed by atoms with Crippen LogP contribution < -0.4 is 5.32 Å². The highest BCUT2D eigenvalue weighted by Gasteiger charge is 2.17. The number of nitrogens with one attached hydrogen (secondary N) is 1. The van der Waals surface area contributed by atoms with Crippen LogP contribution in [-0.4, -0.2) is 5.54 Å². The topological polar surface area (TPSA) is 12.0 Å². The summed E-state index contributed by atoms with van der Waals surface area (Å²) in [6.07, 6.45) is 2.35. The van der Waals surface area contributed by atoms with E-state index in [1.54, 1.807) is 0 Å². The first-order valence-electron chi connectivity index (χ1n) is 5.59. The molecule has 0 aliphatic carbocycles. The molecular formula is C13H20IN. The van der Waals surface area contributed by atoms with Crippen LogP contribution in [0.5, 0.6) is 0 Å². The molecule has 0 aliphatic heterocycles. The fourth-order valence-corrected chi connectivity index (χ4v) is 1.78. The quantitative estimate of drug-likeness (QED) is 0.811. The van der Waals surface area contributed by atoms with Gasteiger partial charge < -0.3 is 5.32 Å². The Labute approximate surface area is 107 Å². The Kier molecular flexibility index (Phi) is 5.06. The summed E-state index contributed by atoms with van der Waals surface area (Å²) in [5.74, 6) is 0. The van der Waals surface area contributed by atoms with Gasteiger partial charge in [-0.2, -0.15) is 0 Å². The van der Waals surface area contributed by atoms with Crippen LogP contribution in [0.15, 0.2) is 24.3 Å². The van der Waals surface area contributed by atoms with E-state index in [-0.39, 0.29) is 5.54 Å². The van der Waals surface area contributed by atoms with Crippen LogP contribution in [0, 0.1) is 3.57 Å². The van der Waals surface area contributed by atoms with Crippen LogP contribution in [0.3, 0.4) is 0 Å². The molecule has 0 spiro atoms. The third kappa shape index (κ3) is 4.11. The Bertz CT molecular complexity index is 288. The molecule has 1 aromatic carbocycles. The molecule has 0 saturated carbocycles. The van der Waals surface area contributed by atoms with Gasteiger partial charge in [-0.1, -0.05) is 26.0 Å². The summed E-state index contributed by atoms with van der Waals surface area (Å²) in [6, 6.07) is 8.71. The zero-order valence-corrected chi connectivity index (χ0v) is 12.0. The Hall–Kier alpha value is -0.0900. The minimum atomic E-state index is 0.281. The predicted octanol–water partition coefficient (Wildman–Crippen LogP) is 3.96. The first kappa shape index (κ1) is 13.0. The van der Waals surface area contributed by atoms with Gasteiger partial charge in [0, 0.05) is 15.7 Å². The number of halogens is 1. The second-order valence-electron chi connectivity index (χ2n) is 4.25. The van der Waals surface area contributed by atoms with Crippen molar-refractivity contribution in [1.29, 1.82) is 0 Å². The van der Waals surface area contributed by atoms with Crippen molar-refractivity contribution in [2.45, 2.75) is 45.7 Å². The van der Waals surface area contributed by atoms with Crippen LogP contribution in [0.2, 0.25) is 0 Å². The molecule has 2 heteroatoms. The Morgan fingerprint density at radius 2 is 1.67 bits per heavy atom. The molecule has 0 bridgehead atoms. The molecule has 0 radical (unpaired) electrons. The number of rotatable bonds is 5. The number of hydrogen-bond donors (Lipinski definition) is 1. The average molecular weight is 317 g/mol. The van der Waals surface area contributed by atoms with Crippen LogP contribution in [0.1, 0.15) is 39.2 Å². The molecule has 0 aromatic heterocycles. The maximum atomic E-state index is 3.63. The molecule has 0 fully saturated rings. The summed E-state index contributed by atoms with van der Waals surface area (Å²) >= 11 is 2.34. The number of benzene rings is 1. The summed E-state index contributed by atoms with van der Waals surface area (Å²) in [7, 11) is 0. The summed E-state index contributed by atoms with van der Waals surface area (Å²) < 4.78 is 1.30. The zero-order valence-electron chi connectivity index (χ0n) is 9.81. The van der Waals surface area contributed by atoms with E-state index in [2.05, 4.69) is 72.9 Å². The monoisotopic (exact) mass is 317 g/mol. The van der Waals surface area contributed by atoms with Gasteiger partial charge in [-0.25, -0.2) is 0 Å². The van der Waals surface area contributed by atoms with Crippen molar-refractivity contribution in [2.75, 3.05) is 0 Å². The second kappa shape index (κ2) is 5.85. The van der Waals surface area contributed by atoms with E-state index < -0.39 is 0 Å². The van der Waals surface area contributed by atoms with Crippen LogP contribution in [0.25, 0.3) is 0 Å². The maximum absolute atomic E-state index is 3.63. The maximum Gasteiger partial charge on any atom is 0.0210 e. The van der Waals surface area contributed by atoms with Crippen molar-refractivity contribution in [3.8, 4) is 0 Å². The number of hydrogen-bond acceptors (Lipinski definition) is 1. The third-order valence-corrected chi connectivity index (χ3v) is 3.91. The van der Waals surface area contributed by atoms with Gasteiger partial charge in [-0.05, 0) is 60.1 Å². The van der Waals surface area contributed by atoms with Crippen LogP contribution in [-0.2, 0) is 6.54 Å². The standard InChI is InChI=1S/C13H20IN/c1-4-13(3,5-2)15-10-11-6-8-12(14)9-7-11/h6-9,15H,4-5,10H2,1-3H3. The van der Waals surface area contributed by atoms with E-state index in [4.69, 9.17) is 0 Å². The lowest BCUT2D eigenvalue weighted by Gasteiger charge is -2.28. The minimum absolute atomic E-state index is 0.281. The van der Waals surface area contributed by atoms with E-state index in [0.29, 0.717) is 0 Å². The van der Waals surface area contributed by atoms with Crippen LogP contribution >= 0.6 is 22.6 Å². The second-order valence-corrected chi connectivity index (χ2v) is 5.49. The van der Waals surface area contributed by atoms with E-state index in [1.807, 2.05) is 0 Å². The molecule has 1 nitrogen and oxygen atoms in total. The normalized spacial score (nSPS) is 11.7. The van der Waals surface area contributed by atoms with Gasteiger partial charge in [-0.15, -0.1) is 0 Å². The Morgan fingerprint density at radius 1 is 1.13 bits per heavy atom. The van der Waals surface area contributed by atoms with Gasteiger partial charge in [0.25, 0.3) is 0 Å². The highest BCUT2D eigenvalue weighted by Crippen LogP contribution is 2.15. The fraction of sp³-hybridized carbons (Fsp3) is 0.538. The average Bonchev–Trinajstić information content (AvgIpc) is 2.28. The lowest BCUT2D eigenvalue weighted by atomic mass is 9.95. The molecule has 84 valence electrons. The smallest absolute Gasteiger partial charge is 0.0210 e. The van der Waals surface area contributed by atoms with Crippen molar-refractivity contribution in [3.05, 3.63) is 33.4 Å². The van der Waals surface area contributed by atoms with Gasteiger partial charge in [0.15, 0.2) is 0 Å². The first-order valence-corrected chi connectivity index (χ1v) is 6.67. The molecule has 0 saturated heterocycles. The molecule has 1 aromatic rings. The van der Waals surface area contributed by atoms with Crippen molar-refractivity contribution >= 4 is 22.6 Å². The summed E-state index contributed by atoms with van der Waals surface area (Å²) in [5, 5.41) is 3.63. The molecule has 0 heterocycles. The largest absolute Gasteiger partial charge is 0.307 e. The van der Waals surface area contributed by atoms with Gasteiger partial charge in [0.1, 0.15) is 0 Å². The Morgan fingerprint density at radius 3 is 2.13 bits per heavy atom. The van der Waals surface area contributed by atoms with Gasteiger partial charge >= 0.3 is 0 Å². The van der Waals surface area contributed by atoms with Gasteiger partial charge in [0.2, 0.25) is 0 Å². The van der Waals surface area contributed by atoms with Crippen LogP contribution in [0.4, 0.5) is 0 Å². The van der Waals surface area contributed by atoms with Crippen molar-refractivity contribution in [2.24, 2.45) is 0 Å². The van der Waals surface area contributed by atoms with Crippen molar-refractivity contribution < 1.29 is 0 Å². The molecule has 1 N–H and O–H groups in total. The molecule has 1 rings (SSSR count). The molecule has 0 unspecified atom stereocenters. The summed E-state index contributed by atoms with van der Waals surface area (Å²) in [5.41, 5.74) is 1.65. The summed E-state index contributed by atoms with van der Waals surface area (Å²) in [6.45, 7) is 7.74. The van der Waals surface area contributed by atoms with E-state index >= 15 is 0 Å². The predicted molar refractivity (Wildman–Crippen MR) is 75.0 cm³/mol. The van der Waals surface area contributed by atoms with E-state index in [1.165, 1.54) is 22.0 Å². The molecule has 0 amide bonds. The van der Waals surface area contributed by atoms with E-state index in [9.17, 15) is 0 Å².